The Labute approximate surface area is 227 Å². The average Bonchev–Trinajstić information content (AvgIpc) is 2.94. The number of carbonyl (C=O) groups excluding carboxylic acids is 3. The van der Waals surface area contributed by atoms with Crippen molar-refractivity contribution in [3.8, 4) is 5.75 Å². The lowest BCUT2D eigenvalue weighted by Crippen LogP contribution is -2.70. The molecule has 0 bridgehead atoms. The number of aliphatic hydroxyl groups excluding tert-OH is 1. The van der Waals surface area contributed by atoms with Gasteiger partial charge in [-0.1, -0.05) is 72.3 Å². The van der Waals surface area contributed by atoms with Crippen LogP contribution < -0.4 is 5.32 Å². The van der Waals surface area contributed by atoms with Gasteiger partial charge in [0.05, 0.1) is 12.2 Å². The molecule has 2 aliphatic rings. The van der Waals surface area contributed by atoms with Gasteiger partial charge in [-0.2, -0.15) is 0 Å². The summed E-state index contributed by atoms with van der Waals surface area (Å²) in [5.74, 6) is -1.94. The van der Waals surface area contributed by atoms with Crippen LogP contribution >= 0.6 is 23.4 Å². The number of phenols is 1. The second-order valence-corrected chi connectivity index (χ2v) is 10.3. The van der Waals surface area contributed by atoms with E-state index in [1.165, 1.54) is 34.9 Å². The number of β-lactam (4-membered cyclic amide) rings is 1. The van der Waals surface area contributed by atoms with E-state index in [9.17, 15) is 24.6 Å². The predicted molar refractivity (Wildman–Crippen MR) is 142 cm³/mol. The van der Waals surface area contributed by atoms with Crippen LogP contribution in [0, 0.1) is 0 Å². The molecule has 2 amide bonds. The fraction of sp³-hybridized carbons (Fsp3) is 0.179. The second kappa shape index (κ2) is 10.9. The first kappa shape index (κ1) is 25.8. The molecule has 0 spiro atoms. The van der Waals surface area contributed by atoms with E-state index in [0.717, 1.165) is 11.1 Å². The maximum Gasteiger partial charge on any atom is 0.356 e. The van der Waals surface area contributed by atoms with Crippen molar-refractivity contribution in [3.05, 3.63) is 112 Å². The van der Waals surface area contributed by atoms with Gasteiger partial charge in [-0.25, -0.2) is 4.79 Å². The van der Waals surface area contributed by atoms with E-state index >= 15 is 0 Å². The van der Waals surface area contributed by atoms with Gasteiger partial charge in [0.2, 0.25) is 0 Å². The molecule has 2 heterocycles. The molecule has 2 atom stereocenters. The van der Waals surface area contributed by atoms with Crippen LogP contribution in [0.4, 0.5) is 0 Å². The molecule has 5 rings (SSSR count). The first-order chi connectivity index (χ1) is 18.4. The quantitative estimate of drug-likeness (QED) is 0.304. The minimum atomic E-state index is -0.926. The summed E-state index contributed by atoms with van der Waals surface area (Å²) in [5.41, 5.74) is 1.83. The summed E-state index contributed by atoms with van der Waals surface area (Å²) in [7, 11) is 0. The molecule has 0 saturated carbocycles. The van der Waals surface area contributed by atoms with E-state index in [4.69, 9.17) is 16.3 Å². The molecule has 38 heavy (non-hydrogen) atoms. The highest BCUT2D eigenvalue weighted by atomic mass is 35.5. The third-order valence-electron chi connectivity index (χ3n) is 6.35. The highest BCUT2D eigenvalue weighted by Crippen LogP contribution is 2.41. The number of hydrogen-bond acceptors (Lipinski definition) is 7. The number of ether oxygens (including phenoxy) is 1. The summed E-state index contributed by atoms with van der Waals surface area (Å²) in [5, 5.41) is 22.4. The van der Waals surface area contributed by atoms with Crippen molar-refractivity contribution >= 4 is 41.1 Å². The molecule has 10 heteroatoms. The van der Waals surface area contributed by atoms with Crippen LogP contribution in [0.1, 0.15) is 27.6 Å². The summed E-state index contributed by atoms with van der Waals surface area (Å²) in [6, 6.07) is 21.6. The summed E-state index contributed by atoms with van der Waals surface area (Å²) >= 11 is 7.16. The number of nitrogens with one attached hydrogen (secondary N) is 1. The van der Waals surface area contributed by atoms with Gasteiger partial charge in [-0.15, -0.1) is 11.8 Å². The van der Waals surface area contributed by atoms with Crippen LogP contribution in [0.5, 0.6) is 5.75 Å². The largest absolute Gasteiger partial charge is 0.507 e. The molecule has 3 N–H and O–H groups in total. The number of phenolic OH excluding ortho intramolecular Hbond substituents is 1. The maximum absolute atomic E-state index is 13.6. The van der Waals surface area contributed by atoms with Gasteiger partial charge in [-0.05, 0) is 34.9 Å². The number of carbonyl (C=O) groups is 3. The molecule has 1 saturated heterocycles. The fourth-order valence-corrected chi connectivity index (χ4v) is 5.96. The molecule has 8 nitrogen and oxygen atoms in total. The number of thioether (sulfide) groups is 1. The number of benzene rings is 3. The van der Waals surface area contributed by atoms with Crippen LogP contribution in [-0.4, -0.2) is 56.7 Å². The van der Waals surface area contributed by atoms with Crippen molar-refractivity contribution in [1.82, 2.24) is 10.2 Å². The number of esters is 1. The van der Waals surface area contributed by atoms with Gasteiger partial charge < -0.3 is 20.3 Å². The first-order valence-electron chi connectivity index (χ1n) is 11.8. The van der Waals surface area contributed by atoms with Crippen LogP contribution in [-0.2, 0) is 14.3 Å². The lowest BCUT2D eigenvalue weighted by atomic mass is 10.0. The Bertz CT molecular complexity index is 1380. The second-order valence-electron chi connectivity index (χ2n) is 8.74. The van der Waals surface area contributed by atoms with Gasteiger partial charge in [0.1, 0.15) is 22.9 Å². The third-order valence-corrected chi connectivity index (χ3v) is 7.93. The van der Waals surface area contributed by atoms with E-state index in [1.807, 2.05) is 60.7 Å². The Morgan fingerprint density at radius 1 is 1.05 bits per heavy atom. The molecule has 194 valence electrons. The zero-order chi connectivity index (χ0) is 26.8. The van der Waals surface area contributed by atoms with Crippen molar-refractivity contribution in [1.29, 1.82) is 0 Å². The number of halogens is 1. The van der Waals surface area contributed by atoms with Gasteiger partial charge in [-0.3, -0.25) is 14.5 Å². The Balaban J connectivity index is 1.38. The maximum atomic E-state index is 13.6. The minimum Gasteiger partial charge on any atom is -0.507 e. The standard InChI is InChI=1S/C28H23ClN2O6S/c29-19-11-12-20(21(33)13-19)25(34)30-22-26(35)31-23(18(14-32)15-38-27(22)31)28(36)37-24(16-7-3-1-4-8-16)17-9-5-2-6-10-17/h1-13,22,24,27,32-33H,14-15H2,(H,30,34)/t22-,27-/m0/s1. The van der Waals surface area contributed by atoms with Gasteiger partial charge in [0, 0.05) is 10.8 Å². The van der Waals surface area contributed by atoms with Crippen LogP contribution in [0.15, 0.2) is 90.1 Å². The summed E-state index contributed by atoms with van der Waals surface area (Å²) < 4.78 is 5.96. The summed E-state index contributed by atoms with van der Waals surface area (Å²) in [6.45, 7) is -0.426. The van der Waals surface area contributed by atoms with Crippen LogP contribution in [0.25, 0.3) is 0 Å². The minimum absolute atomic E-state index is 0.0158. The monoisotopic (exact) mass is 550 g/mol. The Morgan fingerprint density at radius 3 is 2.26 bits per heavy atom. The molecule has 3 aromatic rings. The Morgan fingerprint density at radius 2 is 1.68 bits per heavy atom. The number of aromatic hydroxyl groups is 1. The van der Waals surface area contributed by atoms with Crippen molar-refractivity contribution in [2.24, 2.45) is 0 Å². The number of nitrogens with zero attached hydrogens (tertiary/aromatic N) is 1. The highest BCUT2D eigenvalue weighted by Gasteiger charge is 2.54. The molecule has 0 aliphatic carbocycles. The van der Waals surface area contributed by atoms with Crippen LogP contribution in [0.3, 0.4) is 0 Å². The number of amides is 2. The SMILES string of the molecule is O=C(OC(c1ccccc1)c1ccccc1)C1=C(CO)CS[C@H]2[C@@H](NC(=O)c3ccc(Cl)cc3O)C(=O)N12. The van der Waals surface area contributed by atoms with Crippen molar-refractivity contribution < 1.29 is 29.3 Å². The summed E-state index contributed by atoms with van der Waals surface area (Å²) in [6.07, 6.45) is -0.731. The van der Waals surface area contributed by atoms with Gasteiger partial charge in [0.25, 0.3) is 11.8 Å². The van der Waals surface area contributed by atoms with Crippen molar-refractivity contribution in [2.45, 2.75) is 17.5 Å². The molecule has 0 unspecified atom stereocenters. The number of fused-ring (bicyclic) bond motifs is 1. The van der Waals surface area contributed by atoms with E-state index in [-0.39, 0.29) is 27.8 Å². The van der Waals surface area contributed by atoms with E-state index < -0.39 is 41.9 Å². The molecule has 2 aliphatic heterocycles. The topological polar surface area (TPSA) is 116 Å². The molecular formula is C28H23ClN2O6S. The molecular weight excluding hydrogens is 528 g/mol. The van der Waals surface area contributed by atoms with E-state index in [2.05, 4.69) is 5.32 Å². The van der Waals surface area contributed by atoms with E-state index in [0.29, 0.717) is 5.57 Å². The van der Waals surface area contributed by atoms with Crippen molar-refractivity contribution in [2.75, 3.05) is 12.4 Å². The van der Waals surface area contributed by atoms with Gasteiger partial charge >= 0.3 is 5.97 Å². The predicted octanol–water partition coefficient (Wildman–Crippen LogP) is 3.64. The normalized spacial score (nSPS) is 18.6. The Kier molecular flexibility index (Phi) is 7.42. The Hall–Kier alpha value is -3.79. The third kappa shape index (κ3) is 4.88. The van der Waals surface area contributed by atoms with E-state index in [1.54, 1.807) is 0 Å². The first-order valence-corrected chi connectivity index (χ1v) is 13.2. The fourth-order valence-electron chi connectivity index (χ4n) is 4.46. The van der Waals surface area contributed by atoms with Gasteiger partial charge in [0.15, 0.2) is 6.10 Å². The zero-order valence-electron chi connectivity index (χ0n) is 19.9. The zero-order valence-corrected chi connectivity index (χ0v) is 21.5. The van der Waals surface area contributed by atoms with Crippen molar-refractivity contribution in [3.63, 3.8) is 0 Å². The number of hydrogen-bond donors (Lipinski definition) is 3. The number of rotatable bonds is 7. The summed E-state index contributed by atoms with van der Waals surface area (Å²) in [4.78, 5) is 40.8. The molecule has 0 aromatic heterocycles. The lowest BCUT2D eigenvalue weighted by molar-refractivity contribution is -0.153. The number of aliphatic hydroxyl groups is 1. The lowest BCUT2D eigenvalue weighted by Gasteiger charge is -2.49. The smallest absolute Gasteiger partial charge is 0.356 e. The molecule has 1 fully saturated rings. The average molecular weight is 551 g/mol. The molecule has 3 aromatic carbocycles. The molecule has 0 radical (unpaired) electrons. The van der Waals surface area contributed by atoms with Crippen LogP contribution in [0.2, 0.25) is 5.02 Å². The highest BCUT2D eigenvalue weighted by molar-refractivity contribution is 8.00.